The van der Waals surface area contributed by atoms with Crippen molar-refractivity contribution in [2.24, 2.45) is 0 Å². The van der Waals surface area contributed by atoms with Gasteiger partial charge in [0.1, 0.15) is 0 Å². The molecular weight excluding hydrogens is 1140 g/mol. The second kappa shape index (κ2) is 22.8. The van der Waals surface area contributed by atoms with Gasteiger partial charge >= 0.3 is 0 Å². The number of hydrogen-bond acceptors (Lipinski definition) is 4. The van der Waals surface area contributed by atoms with Crippen molar-refractivity contribution in [3.63, 3.8) is 0 Å². The van der Waals surface area contributed by atoms with Gasteiger partial charge in [-0.3, -0.25) is 9.97 Å². The van der Waals surface area contributed by atoms with Crippen LogP contribution in [-0.2, 0) is 0 Å². The molecule has 0 radical (unpaired) electrons. The second-order valence-electron chi connectivity index (χ2n) is 24.4. The Bertz CT molecular complexity index is 5080. The lowest BCUT2D eigenvalue weighted by molar-refractivity contribution is 1.16. The van der Waals surface area contributed by atoms with Crippen molar-refractivity contribution < 1.29 is 0 Å². The zero-order valence-electron chi connectivity index (χ0n) is 51.3. The molecule has 6 heteroatoms. The minimum atomic E-state index is -0.277. The zero-order chi connectivity index (χ0) is 62.1. The molecule has 2 aliphatic heterocycles. The van der Waals surface area contributed by atoms with Crippen LogP contribution in [0.1, 0.15) is 0 Å². The summed E-state index contributed by atoms with van der Waals surface area (Å²) < 4.78 is 2.55. The highest BCUT2D eigenvalue weighted by atomic mass is 15.2. The number of anilines is 6. The summed E-state index contributed by atoms with van der Waals surface area (Å²) in [5.74, 6) is 0. The fourth-order valence-corrected chi connectivity index (χ4v) is 14.8. The summed E-state index contributed by atoms with van der Waals surface area (Å²) in [5, 5.41) is 2.34. The van der Waals surface area contributed by atoms with Gasteiger partial charge in [-0.1, -0.05) is 291 Å². The predicted molar refractivity (Wildman–Crippen MR) is 394 cm³/mol. The minimum Gasteiger partial charge on any atom is -0.310 e. The first-order chi connectivity index (χ1) is 46.7. The summed E-state index contributed by atoms with van der Waals surface area (Å²) >= 11 is 0. The molecule has 0 bridgehead atoms. The number of benzene rings is 13. The van der Waals surface area contributed by atoms with Crippen LogP contribution in [0.2, 0.25) is 0 Å². The maximum Gasteiger partial charge on any atom is 0.252 e. The van der Waals surface area contributed by atoms with E-state index in [9.17, 15) is 0 Å². The summed E-state index contributed by atoms with van der Waals surface area (Å²) in [6, 6.07) is 120. The Morgan fingerprint density at radius 1 is 0.234 bits per heavy atom. The van der Waals surface area contributed by atoms with Crippen LogP contribution < -0.4 is 26.2 Å². The Morgan fingerprint density at radius 2 is 0.511 bits per heavy atom. The number of aromatic nitrogens is 3. The van der Waals surface area contributed by atoms with Gasteiger partial charge in [-0.2, -0.15) is 0 Å². The van der Waals surface area contributed by atoms with E-state index in [-0.39, 0.29) is 6.71 Å². The number of fused-ring (bicyclic) bond motifs is 7. The third-order valence-corrected chi connectivity index (χ3v) is 19.1. The van der Waals surface area contributed by atoms with Crippen molar-refractivity contribution in [2.45, 2.75) is 0 Å². The highest BCUT2D eigenvalue weighted by Gasteiger charge is 2.46. The first-order valence-corrected chi connectivity index (χ1v) is 32.2. The quantitative estimate of drug-likeness (QED) is 0.121. The molecule has 0 saturated heterocycles. The Balaban J connectivity index is 1.05. The first-order valence-electron chi connectivity index (χ1n) is 32.2. The van der Waals surface area contributed by atoms with Crippen LogP contribution >= 0.6 is 0 Å². The lowest BCUT2D eigenvalue weighted by Gasteiger charge is -2.46. The van der Waals surface area contributed by atoms with Gasteiger partial charge < -0.3 is 14.4 Å². The van der Waals surface area contributed by atoms with Crippen molar-refractivity contribution in [2.75, 3.05) is 9.80 Å². The molecule has 16 aromatic rings. The highest BCUT2D eigenvalue weighted by Crippen LogP contribution is 2.54. The predicted octanol–water partition coefficient (Wildman–Crippen LogP) is 21.0. The maximum absolute atomic E-state index is 5.16. The summed E-state index contributed by atoms with van der Waals surface area (Å²) in [5.41, 5.74) is 30.7. The third kappa shape index (κ3) is 9.17. The Kier molecular flexibility index (Phi) is 13.3. The average Bonchev–Trinajstić information content (AvgIpc) is 1.20. The van der Waals surface area contributed by atoms with Crippen LogP contribution in [0.3, 0.4) is 0 Å². The van der Waals surface area contributed by atoms with E-state index in [1.165, 1.54) is 27.2 Å². The standard InChI is InChI=1S/C88H58BN5/c1-9-25-59(26-10-1)67-43-47-80-78(49-67)89-79-50-68(60-27-11-2-12-28-60)44-48-81(79)94(88-76(65-37-21-7-22-38-65)57-91-58-77(88)66-39-23-8-24-40-66)85-54-71(53-84(86(85)89)93(80)87-74(63-33-17-5-18-34-63)55-90-56-75(87)64-35-19-6-20-36-64)92-82-51-69(61-29-13-3-14-30-61)41-45-72(82)73-46-42-70(52-83(73)92)62-31-15-4-16-32-62/h1-58H. The lowest BCUT2D eigenvalue weighted by atomic mass is 9.33. The van der Waals surface area contributed by atoms with E-state index >= 15 is 0 Å². The molecule has 0 unspecified atom stereocenters. The normalized spacial score (nSPS) is 12.2. The Morgan fingerprint density at radius 3 is 0.819 bits per heavy atom. The first kappa shape index (κ1) is 54.5. The van der Waals surface area contributed by atoms with Crippen molar-refractivity contribution in [3.8, 4) is 94.7 Å². The molecule has 0 spiro atoms. The number of hydrogen-bond donors (Lipinski definition) is 0. The van der Waals surface area contributed by atoms with Crippen molar-refractivity contribution in [1.29, 1.82) is 0 Å². The molecule has 3 aromatic heterocycles. The van der Waals surface area contributed by atoms with E-state index in [1.54, 1.807) is 0 Å². The van der Waals surface area contributed by atoms with Gasteiger partial charge in [-0.05, 0) is 120 Å². The number of nitrogens with zero attached hydrogens (tertiary/aromatic N) is 5. The van der Waals surface area contributed by atoms with Gasteiger partial charge in [0, 0.05) is 80.6 Å². The fourth-order valence-electron chi connectivity index (χ4n) is 14.8. The molecule has 13 aromatic carbocycles. The van der Waals surface area contributed by atoms with Crippen LogP contribution in [-0.4, -0.2) is 21.2 Å². The molecule has 0 amide bonds. The monoisotopic (exact) mass is 1200 g/mol. The summed E-state index contributed by atoms with van der Waals surface area (Å²) in [6.45, 7) is -0.277. The van der Waals surface area contributed by atoms with Gasteiger partial charge in [-0.25, -0.2) is 0 Å². The van der Waals surface area contributed by atoms with Gasteiger partial charge in [0.25, 0.3) is 6.71 Å². The van der Waals surface area contributed by atoms with Crippen molar-refractivity contribution in [1.82, 2.24) is 14.5 Å². The maximum atomic E-state index is 5.16. The SMILES string of the molecule is c1ccc(-c2ccc3c(c2)B2c4cc(-c5ccccc5)ccc4N(c4c(-c5ccccc5)cncc4-c4ccccc4)c4cc(-n5c6cc(-c7ccccc7)ccc6c6ccc(-c7ccccc7)cc65)cc(c42)N3c2c(-c3ccccc3)cncc2-c2ccccc2)cc1. The van der Waals surface area contributed by atoms with Crippen molar-refractivity contribution in [3.05, 3.63) is 352 Å². The molecule has 0 N–H and O–H groups in total. The molecular formula is C88H58BN5. The molecule has 0 saturated carbocycles. The van der Waals surface area contributed by atoms with Crippen LogP contribution in [0, 0.1) is 0 Å². The van der Waals surface area contributed by atoms with E-state index in [4.69, 9.17) is 9.97 Å². The lowest BCUT2D eigenvalue weighted by Crippen LogP contribution is -2.61. The summed E-state index contributed by atoms with van der Waals surface area (Å²) in [6.07, 6.45) is 8.29. The smallest absolute Gasteiger partial charge is 0.252 e. The van der Waals surface area contributed by atoms with E-state index in [0.29, 0.717) is 0 Å². The summed E-state index contributed by atoms with van der Waals surface area (Å²) in [4.78, 5) is 15.6. The topological polar surface area (TPSA) is 37.2 Å². The van der Waals surface area contributed by atoms with E-state index in [1.807, 2.05) is 0 Å². The van der Waals surface area contributed by atoms with Gasteiger partial charge in [0.05, 0.1) is 28.1 Å². The van der Waals surface area contributed by atoms with Crippen LogP contribution in [0.15, 0.2) is 352 Å². The molecule has 5 nitrogen and oxygen atoms in total. The van der Waals surface area contributed by atoms with E-state index < -0.39 is 0 Å². The summed E-state index contributed by atoms with van der Waals surface area (Å²) in [7, 11) is 0. The minimum absolute atomic E-state index is 0.277. The third-order valence-electron chi connectivity index (χ3n) is 19.1. The molecule has 18 rings (SSSR count). The van der Waals surface area contributed by atoms with Crippen molar-refractivity contribution >= 4 is 79.0 Å². The zero-order valence-corrected chi connectivity index (χ0v) is 51.3. The molecule has 0 fully saturated rings. The molecule has 2 aliphatic rings. The molecule has 438 valence electrons. The van der Waals surface area contributed by atoms with E-state index in [0.717, 1.165) is 140 Å². The highest BCUT2D eigenvalue weighted by molar-refractivity contribution is 7.00. The molecule has 0 atom stereocenters. The number of pyridine rings is 2. The molecule has 0 aliphatic carbocycles. The molecule has 94 heavy (non-hydrogen) atoms. The van der Waals surface area contributed by atoms with Crippen LogP contribution in [0.5, 0.6) is 0 Å². The number of rotatable bonds is 11. The average molecular weight is 1200 g/mol. The van der Waals surface area contributed by atoms with E-state index in [2.05, 4.69) is 367 Å². The Labute approximate surface area is 547 Å². The van der Waals surface area contributed by atoms with Crippen LogP contribution in [0.4, 0.5) is 34.1 Å². The second-order valence-corrected chi connectivity index (χ2v) is 24.4. The van der Waals surface area contributed by atoms with Gasteiger partial charge in [0.15, 0.2) is 0 Å². The molecule has 5 heterocycles. The van der Waals surface area contributed by atoms with Crippen LogP contribution in [0.25, 0.3) is 117 Å². The van der Waals surface area contributed by atoms with Gasteiger partial charge in [0.2, 0.25) is 0 Å². The fraction of sp³-hybridized carbons (Fsp3) is 0. The largest absolute Gasteiger partial charge is 0.310 e. The Hall–Kier alpha value is -12.4. The van der Waals surface area contributed by atoms with Gasteiger partial charge in [-0.15, -0.1) is 0 Å².